The molecule has 0 amide bonds. The fourth-order valence-corrected chi connectivity index (χ4v) is 2.54. The van der Waals surface area contributed by atoms with Gasteiger partial charge in [0.15, 0.2) is 0 Å². The van der Waals surface area contributed by atoms with E-state index in [4.69, 9.17) is 0 Å². The highest BCUT2D eigenvalue weighted by Crippen LogP contribution is 2.34. The molecule has 0 radical (unpaired) electrons. The van der Waals surface area contributed by atoms with E-state index >= 15 is 0 Å². The molecule has 0 bridgehead atoms. The zero-order chi connectivity index (χ0) is 17.7. The summed E-state index contributed by atoms with van der Waals surface area (Å²) in [7, 11) is 0. The molecule has 0 heterocycles. The number of aryl methyl sites for hydroxylation is 1. The highest BCUT2D eigenvalue weighted by atomic mass is 14.3. The topological polar surface area (TPSA) is 0 Å². The fourth-order valence-electron chi connectivity index (χ4n) is 2.54. The summed E-state index contributed by atoms with van der Waals surface area (Å²) in [4.78, 5) is 0. The van der Waals surface area contributed by atoms with Crippen molar-refractivity contribution in [1.82, 2.24) is 0 Å². The Morgan fingerprint density at radius 3 is 1.50 bits per heavy atom. The molecule has 0 heteroatoms. The highest BCUT2D eigenvalue weighted by molar-refractivity contribution is 5.44. The molecule has 1 rings (SSSR count). The van der Waals surface area contributed by atoms with Crippen LogP contribution in [0.15, 0.2) is 36.9 Å². The van der Waals surface area contributed by atoms with Gasteiger partial charge in [0.1, 0.15) is 0 Å². The van der Waals surface area contributed by atoms with Gasteiger partial charge in [-0.3, -0.25) is 0 Å². The smallest absolute Gasteiger partial charge is 0.0129 e. The molecule has 0 atom stereocenters. The third-order valence-corrected chi connectivity index (χ3v) is 3.84. The second-order valence-corrected chi connectivity index (χ2v) is 8.22. The number of allylic oxidation sites excluding steroid dienone is 2. The normalized spacial score (nSPS) is 11.5. The van der Waals surface area contributed by atoms with Crippen LogP contribution in [-0.4, -0.2) is 0 Å². The number of benzene rings is 1. The van der Waals surface area contributed by atoms with Crippen LogP contribution >= 0.6 is 0 Å². The zero-order valence-corrected chi connectivity index (χ0v) is 16.4. The van der Waals surface area contributed by atoms with Gasteiger partial charge < -0.3 is 0 Å². The molecular weight excluding hydrogens is 264 g/mol. The lowest BCUT2D eigenvalue weighted by molar-refractivity contribution is 0.559. The van der Waals surface area contributed by atoms with E-state index in [0.29, 0.717) is 0 Å². The molecule has 0 unspecified atom stereocenters. The molecule has 22 heavy (non-hydrogen) atoms. The van der Waals surface area contributed by atoms with Gasteiger partial charge in [0.2, 0.25) is 0 Å². The Morgan fingerprint density at radius 1 is 1.00 bits per heavy atom. The van der Waals surface area contributed by atoms with Crippen molar-refractivity contribution in [1.29, 1.82) is 0 Å². The Hall–Kier alpha value is -1.30. The van der Waals surface area contributed by atoms with Crippen LogP contribution in [0.4, 0.5) is 0 Å². The summed E-state index contributed by atoms with van der Waals surface area (Å²) < 4.78 is 0. The summed E-state index contributed by atoms with van der Waals surface area (Å²) in [6.45, 7) is 27.3. The van der Waals surface area contributed by atoms with Crippen LogP contribution in [0.2, 0.25) is 0 Å². The monoisotopic (exact) mass is 300 g/mol. The van der Waals surface area contributed by atoms with Crippen molar-refractivity contribution in [2.45, 2.75) is 79.6 Å². The van der Waals surface area contributed by atoms with Gasteiger partial charge in [-0.25, -0.2) is 0 Å². The maximum atomic E-state index is 3.56. The maximum Gasteiger partial charge on any atom is -0.0129 e. The highest BCUT2D eigenvalue weighted by Gasteiger charge is 2.23. The van der Waals surface area contributed by atoms with Gasteiger partial charge in [-0.05, 0) is 53.4 Å². The van der Waals surface area contributed by atoms with Crippen LogP contribution < -0.4 is 0 Å². The third-order valence-electron chi connectivity index (χ3n) is 3.84. The van der Waals surface area contributed by atoms with Gasteiger partial charge >= 0.3 is 0 Å². The first-order valence-corrected chi connectivity index (χ1v) is 8.27. The van der Waals surface area contributed by atoms with E-state index in [2.05, 4.69) is 80.7 Å². The largest absolute Gasteiger partial charge is 0.0988 e. The first-order valence-electron chi connectivity index (χ1n) is 8.27. The van der Waals surface area contributed by atoms with Crippen molar-refractivity contribution in [3.05, 3.63) is 59.2 Å². The van der Waals surface area contributed by atoms with Crippen molar-refractivity contribution in [3.8, 4) is 0 Å². The molecule has 0 aliphatic carbocycles. The third kappa shape index (κ3) is 6.22. The van der Waals surface area contributed by atoms with E-state index in [9.17, 15) is 0 Å². The number of rotatable bonds is 2. The molecule has 0 saturated carbocycles. The van der Waals surface area contributed by atoms with Crippen LogP contribution in [-0.2, 0) is 17.3 Å². The first-order chi connectivity index (χ1) is 9.84. The lowest BCUT2D eigenvalue weighted by Crippen LogP contribution is -2.20. The maximum absolute atomic E-state index is 3.56. The predicted octanol–water partition coefficient (Wildman–Crippen LogP) is 6.90. The summed E-state index contributed by atoms with van der Waals surface area (Å²) in [5.41, 5.74) is 7.42. The van der Waals surface area contributed by atoms with Crippen molar-refractivity contribution >= 4 is 0 Å². The average Bonchev–Trinajstić information content (AvgIpc) is 2.36. The second kappa shape index (κ2) is 7.81. The predicted molar refractivity (Wildman–Crippen MR) is 103 cm³/mol. The minimum Gasteiger partial charge on any atom is -0.0988 e. The number of hydrogen-bond acceptors (Lipinski definition) is 0. The minimum atomic E-state index is 0.231. The van der Waals surface area contributed by atoms with Gasteiger partial charge in [-0.15, -0.1) is 0 Å². The van der Waals surface area contributed by atoms with E-state index in [0.717, 1.165) is 12.0 Å². The van der Waals surface area contributed by atoms with Gasteiger partial charge in [-0.2, -0.15) is 0 Å². The van der Waals surface area contributed by atoms with Crippen molar-refractivity contribution in [2.75, 3.05) is 0 Å². The van der Waals surface area contributed by atoms with Crippen molar-refractivity contribution in [3.63, 3.8) is 0 Å². The lowest BCUT2D eigenvalue weighted by Gasteiger charge is -2.29. The molecular formula is C22H36. The van der Waals surface area contributed by atoms with E-state index in [1.165, 1.54) is 22.3 Å². The van der Waals surface area contributed by atoms with E-state index < -0.39 is 0 Å². The van der Waals surface area contributed by atoms with Gasteiger partial charge in [0.25, 0.3) is 0 Å². The first kappa shape index (κ1) is 20.7. The molecule has 0 N–H and O–H groups in total. The molecule has 0 fully saturated rings. The van der Waals surface area contributed by atoms with E-state index in [1.807, 2.05) is 6.92 Å². The number of hydrogen-bond donors (Lipinski definition) is 0. The van der Waals surface area contributed by atoms with Gasteiger partial charge in [0, 0.05) is 0 Å². The summed E-state index contributed by atoms with van der Waals surface area (Å²) in [5, 5.41) is 0. The molecule has 124 valence electrons. The Bertz CT molecular complexity index is 481. The average molecular weight is 301 g/mol. The van der Waals surface area contributed by atoms with Gasteiger partial charge in [-0.1, -0.05) is 85.4 Å². The Labute approximate surface area is 139 Å². The Kier molecular flexibility index (Phi) is 7.35. The zero-order valence-electron chi connectivity index (χ0n) is 16.4. The van der Waals surface area contributed by atoms with Crippen LogP contribution in [0.3, 0.4) is 0 Å². The second-order valence-electron chi connectivity index (χ2n) is 8.22. The van der Waals surface area contributed by atoms with Crippen molar-refractivity contribution < 1.29 is 0 Å². The standard InChI is InChI=1S/C17H28.C5H8/c1-9-13-10-14(16(3,4)5)12(2)15(11-13)17(6,7)8;1-4-5(2)3/h10-11H,9H2,1-8H3;4H,1-2H2,3H3. The molecule has 0 aliphatic rings. The Balaban J connectivity index is 0.000000763. The SMILES string of the molecule is C=CC(=C)C.CCc1cc(C(C)(C)C)c(C)c(C(C)(C)C)c1. The molecule has 0 nitrogen and oxygen atoms in total. The van der Waals surface area contributed by atoms with Crippen LogP contribution in [0.25, 0.3) is 0 Å². The van der Waals surface area contributed by atoms with E-state index in [-0.39, 0.29) is 10.8 Å². The van der Waals surface area contributed by atoms with E-state index in [1.54, 1.807) is 6.08 Å². The van der Waals surface area contributed by atoms with Crippen molar-refractivity contribution in [2.24, 2.45) is 0 Å². The summed E-state index contributed by atoms with van der Waals surface area (Å²) in [5.74, 6) is 0. The van der Waals surface area contributed by atoms with Crippen LogP contribution in [0, 0.1) is 6.92 Å². The summed E-state index contributed by atoms with van der Waals surface area (Å²) >= 11 is 0. The Morgan fingerprint density at radius 2 is 1.32 bits per heavy atom. The molecule has 0 saturated heterocycles. The molecule has 1 aromatic carbocycles. The van der Waals surface area contributed by atoms with Crippen LogP contribution in [0.5, 0.6) is 0 Å². The molecule has 0 aromatic heterocycles. The quantitative estimate of drug-likeness (QED) is 0.521. The summed E-state index contributed by atoms with van der Waals surface area (Å²) in [6, 6.07) is 4.79. The minimum absolute atomic E-state index is 0.231. The molecule has 0 spiro atoms. The lowest BCUT2D eigenvalue weighted by atomic mass is 9.75. The molecule has 1 aromatic rings. The summed E-state index contributed by atoms with van der Waals surface area (Å²) in [6.07, 6.45) is 2.84. The molecule has 0 aliphatic heterocycles. The van der Waals surface area contributed by atoms with Gasteiger partial charge in [0.05, 0.1) is 0 Å². The fraction of sp³-hybridized carbons (Fsp3) is 0.545. The van der Waals surface area contributed by atoms with Crippen LogP contribution in [0.1, 0.15) is 77.6 Å².